The maximum atomic E-state index is 9.19. The fraction of sp³-hybridized carbons (Fsp3) is 0.200. The molecule has 0 saturated heterocycles. The standard InChI is InChI=1S/C9H9N.CH4O3S/c10-9-6-5-7-3-1-2-4-8(7)9;1-5(2,3)4/h1-6,9H,10H2;1H3,(H,2,3,4). The number of benzene rings is 1. The van der Waals surface area contributed by atoms with E-state index in [9.17, 15) is 8.42 Å². The molecule has 1 aliphatic rings. The van der Waals surface area contributed by atoms with Gasteiger partial charge < -0.3 is 5.73 Å². The van der Waals surface area contributed by atoms with Crippen LogP contribution in [-0.2, 0) is 10.1 Å². The van der Waals surface area contributed by atoms with Gasteiger partial charge in [0.1, 0.15) is 0 Å². The van der Waals surface area contributed by atoms with Crippen molar-refractivity contribution in [2.75, 3.05) is 6.26 Å². The summed E-state index contributed by atoms with van der Waals surface area (Å²) in [6.07, 6.45) is 4.80. The van der Waals surface area contributed by atoms with E-state index >= 15 is 0 Å². The van der Waals surface area contributed by atoms with Crippen molar-refractivity contribution in [3.05, 3.63) is 41.5 Å². The minimum atomic E-state index is -3.67. The largest absolute Gasteiger partial charge is 0.321 e. The van der Waals surface area contributed by atoms with Crippen molar-refractivity contribution < 1.29 is 13.0 Å². The van der Waals surface area contributed by atoms with Gasteiger partial charge in [-0.3, -0.25) is 4.55 Å². The smallest absolute Gasteiger partial charge is 0.261 e. The molecular weight excluding hydrogens is 214 g/mol. The second kappa shape index (κ2) is 4.57. The third kappa shape index (κ3) is 4.24. The van der Waals surface area contributed by atoms with Gasteiger partial charge in [0.15, 0.2) is 0 Å². The molecule has 0 aliphatic heterocycles. The quantitative estimate of drug-likeness (QED) is 0.653. The Morgan fingerprint density at radius 3 is 2.40 bits per heavy atom. The Hall–Kier alpha value is -1.17. The molecule has 0 radical (unpaired) electrons. The summed E-state index contributed by atoms with van der Waals surface area (Å²) in [6.45, 7) is 0. The van der Waals surface area contributed by atoms with Crippen molar-refractivity contribution >= 4 is 16.2 Å². The van der Waals surface area contributed by atoms with E-state index in [0.717, 1.165) is 0 Å². The minimum absolute atomic E-state index is 0.121. The number of fused-ring (bicyclic) bond motifs is 1. The molecule has 0 bridgehead atoms. The fourth-order valence-electron chi connectivity index (χ4n) is 1.28. The molecule has 1 aliphatic carbocycles. The minimum Gasteiger partial charge on any atom is -0.321 e. The Kier molecular flexibility index (Phi) is 3.62. The summed E-state index contributed by atoms with van der Waals surface area (Å²) in [5.74, 6) is 0. The van der Waals surface area contributed by atoms with Crippen molar-refractivity contribution in [1.82, 2.24) is 0 Å². The van der Waals surface area contributed by atoms with Crippen LogP contribution < -0.4 is 5.73 Å². The first-order valence-corrected chi connectivity index (χ1v) is 6.18. The third-order valence-electron chi connectivity index (χ3n) is 1.84. The highest BCUT2D eigenvalue weighted by atomic mass is 32.2. The average Bonchev–Trinajstić information content (AvgIpc) is 2.46. The molecule has 82 valence electrons. The molecule has 5 heteroatoms. The molecule has 4 nitrogen and oxygen atoms in total. The van der Waals surface area contributed by atoms with Crippen LogP contribution in [0, 0.1) is 0 Å². The van der Waals surface area contributed by atoms with Gasteiger partial charge in [-0.1, -0.05) is 36.4 Å². The van der Waals surface area contributed by atoms with Crippen molar-refractivity contribution in [1.29, 1.82) is 0 Å². The van der Waals surface area contributed by atoms with E-state index in [0.29, 0.717) is 6.26 Å². The van der Waals surface area contributed by atoms with Crippen LogP contribution in [0.1, 0.15) is 17.2 Å². The van der Waals surface area contributed by atoms with E-state index in [1.807, 2.05) is 18.2 Å². The van der Waals surface area contributed by atoms with Gasteiger partial charge in [0.2, 0.25) is 0 Å². The predicted octanol–water partition coefficient (Wildman–Crippen LogP) is 1.22. The molecule has 0 spiro atoms. The van der Waals surface area contributed by atoms with Gasteiger partial charge in [0.25, 0.3) is 10.1 Å². The summed E-state index contributed by atoms with van der Waals surface area (Å²) in [6, 6.07) is 8.32. The van der Waals surface area contributed by atoms with Crippen molar-refractivity contribution in [3.8, 4) is 0 Å². The van der Waals surface area contributed by atoms with E-state index in [1.54, 1.807) is 0 Å². The lowest BCUT2D eigenvalue weighted by atomic mass is 10.1. The Balaban J connectivity index is 0.000000195. The zero-order valence-corrected chi connectivity index (χ0v) is 9.11. The Morgan fingerprint density at radius 2 is 1.87 bits per heavy atom. The van der Waals surface area contributed by atoms with Crippen LogP contribution in [0.15, 0.2) is 30.3 Å². The van der Waals surface area contributed by atoms with Crippen LogP contribution in [0.5, 0.6) is 0 Å². The lowest BCUT2D eigenvalue weighted by Crippen LogP contribution is -2.03. The number of rotatable bonds is 0. The second-order valence-corrected chi connectivity index (χ2v) is 4.71. The van der Waals surface area contributed by atoms with Gasteiger partial charge in [0.05, 0.1) is 6.26 Å². The Labute approximate surface area is 89.2 Å². The van der Waals surface area contributed by atoms with E-state index in [4.69, 9.17) is 10.3 Å². The second-order valence-electron chi connectivity index (χ2n) is 3.25. The molecule has 0 heterocycles. The monoisotopic (exact) mass is 227 g/mol. The fourth-order valence-corrected chi connectivity index (χ4v) is 1.28. The van der Waals surface area contributed by atoms with Gasteiger partial charge in [0, 0.05) is 6.04 Å². The van der Waals surface area contributed by atoms with E-state index < -0.39 is 10.1 Å². The highest BCUT2D eigenvalue weighted by molar-refractivity contribution is 7.85. The Morgan fingerprint density at radius 1 is 1.33 bits per heavy atom. The molecule has 0 aromatic heterocycles. The maximum absolute atomic E-state index is 9.19. The maximum Gasteiger partial charge on any atom is 0.261 e. The summed E-state index contributed by atoms with van der Waals surface area (Å²) < 4.78 is 25.9. The molecule has 1 unspecified atom stereocenters. The van der Waals surface area contributed by atoms with Crippen LogP contribution in [-0.4, -0.2) is 19.2 Å². The van der Waals surface area contributed by atoms with Crippen molar-refractivity contribution in [2.24, 2.45) is 5.73 Å². The molecule has 3 N–H and O–H groups in total. The first-order valence-electron chi connectivity index (χ1n) is 4.33. The predicted molar refractivity (Wildman–Crippen MR) is 59.9 cm³/mol. The lowest BCUT2D eigenvalue weighted by molar-refractivity contribution is 0.490. The first-order chi connectivity index (χ1) is 6.88. The summed E-state index contributed by atoms with van der Waals surface area (Å²) in [7, 11) is -3.67. The third-order valence-corrected chi connectivity index (χ3v) is 1.84. The first kappa shape index (κ1) is 11.9. The average molecular weight is 227 g/mol. The molecule has 1 atom stereocenters. The zero-order valence-electron chi connectivity index (χ0n) is 8.29. The molecule has 0 fully saturated rings. The summed E-state index contributed by atoms with van der Waals surface area (Å²) in [4.78, 5) is 0. The van der Waals surface area contributed by atoms with Gasteiger partial charge >= 0.3 is 0 Å². The Bertz CT molecular complexity index is 457. The molecule has 0 saturated carbocycles. The van der Waals surface area contributed by atoms with Gasteiger partial charge in [-0.15, -0.1) is 0 Å². The zero-order chi connectivity index (χ0) is 11.5. The topological polar surface area (TPSA) is 80.4 Å². The molecule has 0 amide bonds. The highest BCUT2D eigenvalue weighted by Crippen LogP contribution is 2.24. The summed E-state index contributed by atoms with van der Waals surface area (Å²) in [5.41, 5.74) is 8.26. The van der Waals surface area contributed by atoms with Crippen LogP contribution in [0.2, 0.25) is 0 Å². The molecule has 1 aromatic carbocycles. The van der Waals surface area contributed by atoms with Gasteiger partial charge in [-0.05, 0) is 11.1 Å². The van der Waals surface area contributed by atoms with Crippen molar-refractivity contribution in [3.63, 3.8) is 0 Å². The number of hydrogen-bond acceptors (Lipinski definition) is 3. The molecule has 1 aromatic rings. The van der Waals surface area contributed by atoms with E-state index in [-0.39, 0.29) is 6.04 Å². The highest BCUT2D eigenvalue weighted by Gasteiger charge is 2.10. The lowest BCUT2D eigenvalue weighted by Gasteiger charge is -2.01. The van der Waals surface area contributed by atoms with Crippen LogP contribution >= 0.6 is 0 Å². The molecule has 2 rings (SSSR count). The van der Waals surface area contributed by atoms with Gasteiger partial charge in [-0.25, -0.2) is 0 Å². The number of hydrogen-bond donors (Lipinski definition) is 2. The normalized spacial score (nSPS) is 17.9. The van der Waals surface area contributed by atoms with Gasteiger partial charge in [-0.2, -0.15) is 8.42 Å². The van der Waals surface area contributed by atoms with Crippen LogP contribution in [0.4, 0.5) is 0 Å². The van der Waals surface area contributed by atoms with E-state index in [1.165, 1.54) is 11.1 Å². The van der Waals surface area contributed by atoms with Crippen LogP contribution in [0.25, 0.3) is 6.08 Å². The summed E-state index contributed by atoms with van der Waals surface area (Å²) in [5, 5.41) is 0. The molecule has 15 heavy (non-hydrogen) atoms. The van der Waals surface area contributed by atoms with Crippen LogP contribution in [0.3, 0.4) is 0 Å². The molecular formula is C10H13NO3S. The van der Waals surface area contributed by atoms with E-state index in [2.05, 4.69) is 18.2 Å². The number of nitrogens with two attached hydrogens (primary N) is 1. The van der Waals surface area contributed by atoms with Crippen molar-refractivity contribution in [2.45, 2.75) is 6.04 Å². The summed E-state index contributed by atoms with van der Waals surface area (Å²) >= 11 is 0. The SMILES string of the molecule is CS(=O)(=O)O.NC1C=Cc2ccccc21.